The second kappa shape index (κ2) is 8.13. The Morgan fingerprint density at radius 3 is 2.77 bits per heavy atom. The minimum absolute atomic E-state index is 0.0459. The van der Waals surface area contributed by atoms with Crippen molar-refractivity contribution in [1.29, 1.82) is 0 Å². The fourth-order valence-electron chi connectivity index (χ4n) is 2.75. The molecule has 0 aliphatic rings. The van der Waals surface area contributed by atoms with E-state index < -0.39 is 9.84 Å². The fourth-order valence-corrected chi connectivity index (χ4v) is 4.63. The van der Waals surface area contributed by atoms with Gasteiger partial charge in [-0.1, -0.05) is 24.6 Å². The minimum atomic E-state index is -3.52. The Kier molecular flexibility index (Phi) is 5.54. The van der Waals surface area contributed by atoms with Crippen molar-refractivity contribution in [2.75, 3.05) is 11.1 Å². The van der Waals surface area contributed by atoms with Gasteiger partial charge in [-0.25, -0.2) is 23.4 Å². The Hall–Kier alpha value is -2.82. The minimum Gasteiger partial charge on any atom is -0.454 e. The lowest BCUT2D eigenvalue weighted by atomic mass is 10.2. The molecule has 0 saturated carbocycles. The largest absolute Gasteiger partial charge is 0.454 e. The van der Waals surface area contributed by atoms with E-state index in [-0.39, 0.29) is 21.4 Å². The molecule has 0 fully saturated rings. The van der Waals surface area contributed by atoms with Crippen LogP contribution >= 0.6 is 23.1 Å². The van der Waals surface area contributed by atoms with Crippen molar-refractivity contribution in [2.24, 2.45) is 0 Å². The number of ether oxygens (including phenoxy) is 1. The smallest absolute Gasteiger partial charge is 0.208 e. The van der Waals surface area contributed by atoms with Crippen LogP contribution < -0.4 is 10.1 Å². The molecule has 0 saturated heterocycles. The predicted molar refractivity (Wildman–Crippen MR) is 117 cm³/mol. The van der Waals surface area contributed by atoms with Crippen molar-refractivity contribution in [1.82, 2.24) is 19.3 Å². The van der Waals surface area contributed by atoms with Crippen molar-refractivity contribution >= 4 is 54.8 Å². The summed E-state index contributed by atoms with van der Waals surface area (Å²) < 4.78 is 35.0. The molecular weight excluding hydrogens is 446 g/mol. The number of benzene rings is 2. The summed E-state index contributed by atoms with van der Waals surface area (Å²) in [6.07, 6.45) is 1.44. The van der Waals surface area contributed by atoms with Crippen molar-refractivity contribution in [2.45, 2.75) is 18.7 Å². The molecule has 1 N–H and O–H groups in total. The fraction of sp³-hybridized carbons (Fsp3) is 0.158. The maximum atomic E-state index is 12.5. The molecule has 0 radical (unpaired) electrons. The number of rotatable bonds is 6. The van der Waals surface area contributed by atoms with Gasteiger partial charge in [0, 0.05) is 16.9 Å². The van der Waals surface area contributed by atoms with E-state index in [9.17, 15) is 8.42 Å². The van der Waals surface area contributed by atoms with Crippen LogP contribution in [0.4, 0.5) is 10.9 Å². The summed E-state index contributed by atoms with van der Waals surface area (Å²) in [6.45, 7) is 3.37. The second-order valence-electron chi connectivity index (χ2n) is 6.25. The first-order chi connectivity index (χ1) is 14.4. The summed E-state index contributed by atoms with van der Waals surface area (Å²) in [5.74, 6) is 1.61. The molecule has 0 aliphatic heterocycles. The molecule has 0 atom stereocenters. The van der Waals surface area contributed by atoms with Crippen LogP contribution in [0.3, 0.4) is 0 Å². The molecule has 0 amide bonds. The second-order valence-corrected chi connectivity index (χ2v) is 9.65. The lowest BCUT2D eigenvalue weighted by molar-refractivity contribution is 0.468. The van der Waals surface area contributed by atoms with Gasteiger partial charge in [0.05, 0.1) is 16.3 Å². The summed E-state index contributed by atoms with van der Waals surface area (Å²) in [7, 11) is -3.52. The summed E-state index contributed by atoms with van der Waals surface area (Å²) in [6, 6.07) is 9.82. The molecule has 154 valence electrons. The first kappa shape index (κ1) is 20.5. The van der Waals surface area contributed by atoms with Gasteiger partial charge in [-0.3, -0.25) is 0 Å². The molecule has 2 aromatic heterocycles. The van der Waals surface area contributed by atoms with Gasteiger partial charge in [0.25, 0.3) is 0 Å². The van der Waals surface area contributed by atoms with Gasteiger partial charge in [-0.2, -0.15) is 4.37 Å². The highest BCUT2D eigenvalue weighted by Gasteiger charge is 2.21. The van der Waals surface area contributed by atoms with Crippen LogP contribution in [-0.2, 0) is 9.84 Å². The van der Waals surface area contributed by atoms with Crippen LogP contribution in [0.1, 0.15) is 12.7 Å². The first-order valence-electron chi connectivity index (χ1n) is 8.88. The third kappa shape index (κ3) is 4.07. The molecule has 0 bridgehead atoms. The molecule has 30 heavy (non-hydrogen) atoms. The van der Waals surface area contributed by atoms with Crippen LogP contribution in [-0.4, -0.2) is 33.5 Å². The van der Waals surface area contributed by atoms with Gasteiger partial charge in [-0.15, -0.1) is 0 Å². The maximum absolute atomic E-state index is 12.5. The van der Waals surface area contributed by atoms with Gasteiger partial charge in [0.15, 0.2) is 15.6 Å². The standard InChI is InChI=1S/C19H16ClN5O3S2/c1-3-30(26,27)16-6-4-5-14(20)17(16)28-12-7-8-15-13(9-12)18(22-10-21-15)24-19-23-11(2)25-29-19/h4-10H,3H2,1-2H3,(H,21,22,23,24,25). The monoisotopic (exact) mass is 461 g/mol. The van der Waals surface area contributed by atoms with Crippen LogP contribution in [0.5, 0.6) is 11.5 Å². The van der Waals surface area contributed by atoms with E-state index in [0.717, 1.165) is 0 Å². The van der Waals surface area contributed by atoms with Gasteiger partial charge in [0.1, 0.15) is 28.6 Å². The van der Waals surface area contributed by atoms with Crippen LogP contribution in [0.25, 0.3) is 10.9 Å². The number of halogens is 1. The van der Waals surface area contributed by atoms with Crippen LogP contribution in [0, 0.1) is 6.92 Å². The van der Waals surface area contributed by atoms with Crippen molar-refractivity contribution in [3.63, 3.8) is 0 Å². The number of hydrogen-bond acceptors (Lipinski definition) is 9. The summed E-state index contributed by atoms with van der Waals surface area (Å²) in [5.41, 5.74) is 0.682. The first-order valence-corrected chi connectivity index (χ1v) is 11.7. The number of hydrogen-bond donors (Lipinski definition) is 1. The highest BCUT2D eigenvalue weighted by Crippen LogP contribution is 2.37. The molecule has 2 heterocycles. The number of nitrogens with one attached hydrogen (secondary N) is 1. The van der Waals surface area contributed by atoms with E-state index in [1.165, 1.54) is 23.9 Å². The quantitative estimate of drug-likeness (QED) is 0.437. The van der Waals surface area contributed by atoms with Crippen molar-refractivity contribution in [3.05, 3.63) is 53.6 Å². The van der Waals surface area contributed by atoms with E-state index in [0.29, 0.717) is 33.4 Å². The summed E-state index contributed by atoms with van der Waals surface area (Å²) in [4.78, 5) is 12.9. The van der Waals surface area contributed by atoms with E-state index in [2.05, 4.69) is 24.6 Å². The lowest BCUT2D eigenvalue weighted by Gasteiger charge is -2.13. The number of nitrogens with zero attached hydrogens (tertiary/aromatic N) is 4. The number of sulfone groups is 1. The molecule has 0 unspecified atom stereocenters. The molecule has 2 aromatic carbocycles. The van der Waals surface area contributed by atoms with E-state index in [4.69, 9.17) is 16.3 Å². The molecule has 0 spiro atoms. The topological polar surface area (TPSA) is 107 Å². The van der Waals surface area contributed by atoms with Crippen LogP contribution in [0.15, 0.2) is 47.6 Å². The van der Waals surface area contributed by atoms with E-state index in [1.807, 2.05) is 0 Å². The highest BCUT2D eigenvalue weighted by atomic mass is 35.5. The van der Waals surface area contributed by atoms with E-state index in [1.54, 1.807) is 44.2 Å². The molecule has 4 aromatic rings. The Balaban J connectivity index is 1.76. The van der Waals surface area contributed by atoms with Gasteiger partial charge in [0.2, 0.25) is 5.13 Å². The Morgan fingerprint density at radius 2 is 2.03 bits per heavy atom. The Labute approximate surface area is 182 Å². The zero-order valence-corrected chi connectivity index (χ0v) is 18.3. The maximum Gasteiger partial charge on any atom is 0.208 e. The molecular formula is C19H16ClN5O3S2. The average Bonchev–Trinajstić information content (AvgIpc) is 3.14. The number of fused-ring (bicyclic) bond motifs is 1. The van der Waals surface area contributed by atoms with Gasteiger partial charge >= 0.3 is 0 Å². The number of anilines is 2. The molecule has 4 rings (SSSR count). The van der Waals surface area contributed by atoms with Crippen LogP contribution in [0.2, 0.25) is 5.02 Å². The van der Waals surface area contributed by atoms with Crippen molar-refractivity contribution < 1.29 is 13.2 Å². The summed E-state index contributed by atoms with van der Waals surface area (Å²) >= 11 is 7.48. The average molecular weight is 462 g/mol. The van der Waals surface area contributed by atoms with E-state index >= 15 is 0 Å². The number of para-hydroxylation sites is 1. The Morgan fingerprint density at radius 1 is 1.20 bits per heavy atom. The zero-order chi connectivity index (χ0) is 21.3. The third-order valence-corrected chi connectivity index (χ3v) is 7.00. The molecule has 0 aliphatic carbocycles. The predicted octanol–water partition coefficient (Wildman–Crippen LogP) is 4.77. The Bertz CT molecular complexity index is 1340. The third-order valence-electron chi connectivity index (χ3n) is 4.23. The lowest BCUT2D eigenvalue weighted by Crippen LogP contribution is -2.06. The van der Waals surface area contributed by atoms with Gasteiger partial charge in [-0.05, 0) is 37.3 Å². The molecule has 11 heteroatoms. The summed E-state index contributed by atoms with van der Waals surface area (Å²) in [5, 5.41) is 4.61. The zero-order valence-electron chi connectivity index (χ0n) is 16.0. The SMILES string of the molecule is CCS(=O)(=O)c1cccc(Cl)c1Oc1ccc2ncnc(Nc3nc(C)ns3)c2c1. The number of aryl methyl sites for hydroxylation is 1. The van der Waals surface area contributed by atoms with Gasteiger partial charge < -0.3 is 10.1 Å². The molecule has 8 nitrogen and oxygen atoms in total. The number of aromatic nitrogens is 4. The van der Waals surface area contributed by atoms with Crippen molar-refractivity contribution in [3.8, 4) is 11.5 Å². The normalized spacial score (nSPS) is 11.6. The highest BCUT2D eigenvalue weighted by molar-refractivity contribution is 7.91.